The van der Waals surface area contributed by atoms with Crippen LogP contribution in [0.1, 0.15) is 32.1 Å². The van der Waals surface area contributed by atoms with E-state index < -0.39 is 0 Å². The summed E-state index contributed by atoms with van der Waals surface area (Å²) < 4.78 is 8.19. The molecule has 1 unspecified atom stereocenters. The Morgan fingerprint density at radius 2 is 2.38 bits per heavy atom. The summed E-state index contributed by atoms with van der Waals surface area (Å²) in [5, 5.41) is 4.78. The number of H-pyrrole nitrogens is 1. The van der Waals surface area contributed by atoms with E-state index in [1.165, 1.54) is 11.3 Å². The van der Waals surface area contributed by atoms with Gasteiger partial charge in [0.25, 0.3) is 5.56 Å². The maximum absolute atomic E-state index is 12.4. The lowest BCUT2D eigenvalue weighted by molar-refractivity contribution is -0.121. The van der Waals surface area contributed by atoms with Gasteiger partial charge in [0.2, 0.25) is 5.91 Å². The van der Waals surface area contributed by atoms with Gasteiger partial charge in [-0.25, -0.2) is 0 Å². The van der Waals surface area contributed by atoms with E-state index in [9.17, 15) is 9.59 Å². The Bertz CT molecular complexity index is 818. The molecule has 1 saturated heterocycles. The SMILES string of the molecule is O=C(CCCCn1c(=S)[nH]c2ccsc2c1=O)NCC1CCCO1. The minimum Gasteiger partial charge on any atom is -0.376 e. The standard InChI is InChI=1S/C16H21N3O3S2/c20-13(17-10-11-4-3-8-22-11)5-1-2-7-19-15(21)14-12(6-9-24-14)18-16(19)23/h6,9,11H,1-5,7-8,10H2,(H,17,20)(H,18,23). The first kappa shape index (κ1) is 17.3. The monoisotopic (exact) mass is 367 g/mol. The second-order valence-electron chi connectivity index (χ2n) is 5.95. The Labute approximate surface area is 148 Å². The van der Waals surface area contributed by atoms with Crippen molar-refractivity contribution in [2.75, 3.05) is 13.2 Å². The molecule has 3 rings (SSSR count). The zero-order valence-corrected chi connectivity index (χ0v) is 15.0. The highest BCUT2D eigenvalue weighted by atomic mass is 32.1. The molecule has 0 spiro atoms. The topological polar surface area (TPSA) is 76.1 Å². The van der Waals surface area contributed by atoms with Gasteiger partial charge in [0, 0.05) is 26.1 Å². The Morgan fingerprint density at radius 1 is 1.50 bits per heavy atom. The van der Waals surface area contributed by atoms with Gasteiger partial charge >= 0.3 is 0 Å². The van der Waals surface area contributed by atoms with E-state index in [0.717, 1.165) is 37.8 Å². The maximum atomic E-state index is 12.4. The normalized spacial score (nSPS) is 17.4. The zero-order valence-electron chi connectivity index (χ0n) is 13.4. The van der Waals surface area contributed by atoms with Crippen molar-refractivity contribution in [3.05, 3.63) is 26.6 Å². The molecule has 130 valence electrons. The summed E-state index contributed by atoms with van der Waals surface area (Å²) in [4.78, 5) is 27.3. The predicted molar refractivity (Wildman–Crippen MR) is 97.1 cm³/mol. The van der Waals surface area contributed by atoms with Gasteiger partial charge in [-0.1, -0.05) is 0 Å². The molecule has 0 bridgehead atoms. The Kier molecular flexibility index (Phi) is 5.80. The van der Waals surface area contributed by atoms with Crippen molar-refractivity contribution in [1.82, 2.24) is 14.9 Å². The van der Waals surface area contributed by atoms with Crippen LogP contribution in [0.5, 0.6) is 0 Å². The van der Waals surface area contributed by atoms with Crippen molar-refractivity contribution in [1.29, 1.82) is 0 Å². The van der Waals surface area contributed by atoms with Crippen LogP contribution < -0.4 is 10.9 Å². The van der Waals surface area contributed by atoms with Crippen LogP contribution in [0.4, 0.5) is 0 Å². The van der Waals surface area contributed by atoms with Gasteiger partial charge in [-0.05, 0) is 49.3 Å². The third kappa shape index (κ3) is 4.12. The number of rotatable bonds is 7. The molecule has 1 aliphatic heterocycles. The van der Waals surface area contributed by atoms with E-state index in [0.29, 0.717) is 29.0 Å². The molecule has 1 fully saturated rings. The molecule has 8 heteroatoms. The van der Waals surface area contributed by atoms with Gasteiger partial charge in [-0.2, -0.15) is 0 Å². The maximum Gasteiger partial charge on any atom is 0.272 e. The van der Waals surface area contributed by atoms with Gasteiger partial charge in [-0.15, -0.1) is 11.3 Å². The number of hydrogen-bond donors (Lipinski definition) is 2. The largest absolute Gasteiger partial charge is 0.376 e. The Balaban J connectivity index is 1.45. The van der Waals surface area contributed by atoms with Gasteiger partial charge in [-0.3, -0.25) is 14.2 Å². The number of fused-ring (bicyclic) bond motifs is 1. The number of aromatic nitrogens is 2. The molecule has 0 saturated carbocycles. The van der Waals surface area contributed by atoms with Crippen molar-refractivity contribution in [3.8, 4) is 0 Å². The van der Waals surface area contributed by atoms with E-state index in [-0.39, 0.29) is 17.6 Å². The van der Waals surface area contributed by atoms with Gasteiger partial charge in [0.15, 0.2) is 4.77 Å². The molecule has 6 nitrogen and oxygen atoms in total. The average molecular weight is 367 g/mol. The third-order valence-electron chi connectivity index (χ3n) is 4.18. The van der Waals surface area contributed by atoms with Crippen LogP contribution in [0.25, 0.3) is 10.2 Å². The first-order chi connectivity index (χ1) is 11.6. The molecule has 3 heterocycles. The van der Waals surface area contributed by atoms with E-state index in [1.54, 1.807) is 4.57 Å². The fourth-order valence-electron chi connectivity index (χ4n) is 2.85. The summed E-state index contributed by atoms with van der Waals surface area (Å²) >= 11 is 6.67. The number of unbranched alkanes of at least 4 members (excludes halogenated alkanes) is 1. The van der Waals surface area contributed by atoms with Crippen molar-refractivity contribution in [2.24, 2.45) is 0 Å². The first-order valence-electron chi connectivity index (χ1n) is 8.24. The molecule has 2 N–H and O–H groups in total. The van der Waals surface area contributed by atoms with Gasteiger partial charge in [0.05, 0.1) is 11.6 Å². The van der Waals surface area contributed by atoms with E-state index >= 15 is 0 Å². The molecule has 0 aliphatic carbocycles. The van der Waals surface area contributed by atoms with E-state index in [4.69, 9.17) is 17.0 Å². The van der Waals surface area contributed by atoms with Crippen molar-refractivity contribution in [2.45, 2.75) is 44.8 Å². The molecule has 24 heavy (non-hydrogen) atoms. The number of amides is 1. The average Bonchev–Trinajstić information content (AvgIpc) is 3.23. The fourth-order valence-corrected chi connectivity index (χ4v) is 3.93. The van der Waals surface area contributed by atoms with Crippen LogP contribution in [0, 0.1) is 4.77 Å². The van der Waals surface area contributed by atoms with Gasteiger partial charge in [0.1, 0.15) is 4.70 Å². The Morgan fingerprint density at radius 3 is 3.17 bits per heavy atom. The van der Waals surface area contributed by atoms with E-state index in [2.05, 4.69) is 10.3 Å². The number of carbonyl (C=O) groups excluding carboxylic acids is 1. The number of aromatic amines is 1. The first-order valence-corrected chi connectivity index (χ1v) is 9.52. The minimum absolute atomic E-state index is 0.0386. The molecule has 1 aliphatic rings. The summed E-state index contributed by atoms with van der Waals surface area (Å²) in [6.07, 6.45) is 4.18. The molecule has 0 radical (unpaired) electrons. The molecule has 1 atom stereocenters. The third-order valence-corrected chi connectivity index (χ3v) is 5.40. The molecule has 2 aromatic rings. The summed E-state index contributed by atoms with van der Waals surface area (Å²) in [6, 6.07) is 1.86. The highest BCUT2D eigenvalue weighted by Crippen LogP contribution is 2.14. The van der Waals surface area contributed by atoms with Crippen molar-refractivity contribution < 1.29 is 9.53 Å². The minimum atomic E-state index is -0.0495. The number of hydrogen-bond acceptors (Lipinski definition) is 5. The number of carbonyl (C=O) groups is 1. The lowest BCUT2D eigenvalue weighted by Gasteiger charge is -2.11. The molecular formula is C16H21N3O3S2. The summed E-state index contributed by atoms with van der Waals surface area (Å²) in [7, 11) is 0. The van der Waals surface area contributed by atoms with Crippen LogP contribution in [0.15, 0.2) is 16.2 Å². The predicted octanol–water partition coefficient (Wildman–Crippen LogP) is 2.59. The highest BCUT2D eigenvalue weighted by molar-refractivity contribution is 7.71. The second-order valence-corrected chi connectivity index (χ2v) is 7.25. The number of nitrogens with zero attached hydrogens (tertiary/aromatic N) is 1. The summed E-state index contributed by atoms with van der Waals surface area (Å²) in [5.74, 6) is 0.0386. The van der Waals surface area contributed by atoms with Crippen LogP contribution in [-0.2, 0) is 16.1 Å². The zero-order chi connectivity index (χ0) is 16.9. The summed E-state index contributed by atoms with van der Waals surface area (Å²) in [5.41, 5.74) is 0.742. The quantitative estimate of drug-likeness (QED) is 0.583. The molecule has 1 amide bonds. The fraction of sp³-hybridized carbons (Fsp3) is 0.562. The second kappa shape index (κ2) is 8.04. The number of nitrogens with one attached hydrogen (secondary N) is 2. The van der Waals surface area contributed by atoms with Crippen LogP contribution in [0.3, 0.4) is 0 Å². The molecule has 0 aromatic carbocycles. The molecular weight excluding hydrogens is 346 g/mol. The lowest BCUT2D eigenvalue weighted by Crippen LogP contribution is -2.31. The Hall–Kier alpha value is -1.51. The highest BCUT2D eigenvalue weighted by Gasteiger charge is 2.15. The van der Waals surface area contributed by atoms with Crippen molar-refractivity contribution >= 4 is 39.7 Å². The summed E-state index contributed by atoms with van der Waals surface area (Å²) in [6.45, 7) is 1.92. The van der Waals surface area contributed by atoms with Crippen LogP contribution in [-0.4, -0.2) is 34.7 Å². The van der Waals surface area contributed by atoms with E-state index in [1.807, 2.05) is 11.4 Å². The van der Waals surface area contributed by atoms with Crippen molar-refractivity contribution in [3.63, 3.8) is 0 Å². The van der Waals surface area contributed by atoms with Gasteiger partial charge < -0.3 is 15.0 Å². The van der Waals surface area contributed by atoms with Crippen LogP contribution >= 0.6 is 23.6 Å². The lowest BCUT2D eigenvalue weighted by atomic mass is 10.2. The smallest absolute Gasteiger partial charge is 0.272 e. The number of ether oxygens (including phenoxy) is 1. The molecule has 2 aromatic heterocycles. The van der Waals surface area contributed by atoms with Crippen LogP contribution in [0.2, 0.25) is 0 Å². The number of thiophene rings is 1.